The minimum atomic E-state index is -4.43. The van der Waals surface area contributed by atoms with Crippen molar-refractivity contribution in [2.24, 2.45) is 0 Å². The number of ether oxygens (including phenoxy) is 2. The zero-order valence-corrected chi connectivity index (χ0v) is 21.1. The average molecular weight is 620 g/mol. The van der Waals surface area contributed by atoms with E-state index in [0.29, 0.717) is 46.4 Å². The quantitative estimate of drug-likeness (QED) is 0.280. The summed E-state index contributed by atoms with van der Waals surface area (Å²) in [6.45, 7) is 0.993. The molecule has 0 aromatic heterocycles. The molecule has 0 aliphatic heterocycles. The van der Waals surface area contributed by atoms with Crippen molar-refractivity contribution in [2.75, 3.05) is 19.8 Å². The number of amides is 1. The van der Waals surface area contributed by atoms with E-state index >= 15 is 0 Å². The van der Waals surface area contributed by atoms with Crippen LogP contribution in [0, 0.1) is 0 Å². The summed E-state index contributed by atoms with van der Waals surface area (Å²) in [6, 6.07) is 7.59. The summed E-state index contributed by atoms with van der Waals surface area (Å²) < 4.78 is 50.5. The van der Waals surface area contributed by atoms with Crippen LogP contribution in [0.3, 0.4) is 0 Å². The molecule has 1 N–H and O–H groups in total. The van der Waals surface area contributed by atoms with Crippen molar-refractivity contribution in [1.29, 1.82) is 0 Å². The van der Waals surface area contributed by atoms with Gasteiger partial charge in [-0.05, 0) is 87.2 Å². The first-order chi connectivity index (χ1) is 15.1. The van der Waals surface area contributed by atoms with Crippen molar-refractivity contribution in [3.63, 3.8) is 0 Å². The Labute approximate surface area is 210 Å². The number of unbranched alkanes of at least 4 members (excludes halogenated alkanes) is 1. The maximum Gasteiger partial charge on any atom is 0.416 e. The van der Waals surface area contributed by atoms with Crippen LogP contribution in [0.4, 0.5) is 13.2 Å². The molecule has 0 radical (unpaired) electrons. The molecular weight excluding hydrogens is 602 g/mol. The molecule has 0 fully saturated rings. The molecule has 2 rings (SSSR count). The highest BCUT2D eigenvalue weighted by atomic mass is 79.9. The summed E-state index contributed by atoms with van der Waals surface area (Å²) in [6.07, 6.45) is -1.62. The Balaban J connectivity index is 1.73. The molecule has 0 aliphatic carbocycles. The predicted molar refractivity (Wildman–Crippen MR) is 126 cm³/mol. The Kier molecular flexibility index (Phi) is 10.7. The summed E-state index contributed by atoms with van der Waals surface area (Å²) in [5, 5.41) is 2.68. The van der Waals surface area contributed by atoms with Crippen molar-refractivity contribution < 1.29 is 27.4 Å². The number of hydrogen-bond acceptors (Lipinski definition) is 3. The Morgan fingerprint density at radius 2 is 1.66 bits per heavy atom. The maximum atomic E-state index is 12.6. The van der Waals surface area contributed by atoms with Crippen LogP contribution in [0.5, 0.6) is 11.5 Å². The van der Waals surface area contributed by atoms with Gasteiger partial charge in [-0.25, -0.2) is 0 Å². The zero-order valence-electron chi connectivity index (χ0n) is 16.4. The van der Waals surface area contributed by atoms with Crippen molar-refractivity contribution in [3.05, 3.63) is 67.0 Å². The topological polar surface area (TPSA) is 47.6 Å². The van der Waals surface area contributed by atoms with Crippen LogP contribution >= 0.6 is 55.1 Å². The van der Waals surface area contributed by atoms with Gasteiger partial charge < -0.3 is 14.8 Å². The fraction of sp³-hybridized carbons (Fsp3) is 0.286. The van der Waals surface area contributed by atoms with E-state index in [1.807, 2.05) is 0 Å². The van der Waals surface area contributed by atoms with E-state index in [9.17, 15) is 18.0 Å². The standard InChI is InChI=1S/C21H18Br2Cl2F3NO3/c22-16-11-15(31-10-7-18(24)25)12-17(23)19(16)32-9-2-1-8-29-20(30)13-3-5-14(6-4-13)21(26,27)28/h3-7,11-12H,1-2,8-10H2,(H,29,30). The Bertz CT molecular complexity index is 927. The van der Waals surface area contributed by atoms with Crippen LogP contribution in [0.1, 0.15) is 28.8 Å². The predicted octanol–water partition coefficient (Wildman–Crippen LogP) is 7.52. The van der Waals surface area contributed by atoms with E-state index in [1.54, 1.807) is 12.1 Å². The van der Waals surface area contributed by atoms with Gasteiger partial charge in [-0.3, -0.25) is 4.79 Å². The zero-order chi connectivity index (χ0) is 23.7. The number of nitrogens with one attached hydrogen (secondary N) is 1. The minimum absolute atomic E-state index is 0.124. The molecule has 11 heteroatoms. The van der Waals surface area contributed by atoms with Crippen molar-refractivity contribution >= 4 is 61.0 Å². The molecule has 0 bridgehead atoms. The van der Waals surface area contributed by atoms with Gasteiger partial charge in [0, 0.05) is 12.1 Å². The van der Waals surface area contributed by atoms with Crippen molar-refractivity contribution in [2.45, 2.75) is 19.0 Å². The van der Waals surface area contributed by atoms with E-state index in [4.69, 9.17) is 32.7 Å². The van der Waals surface area contributed by atoms with Crippen LogP contribution in [-0.4, -0.2) is 25.7 Å². The van der Waals surface area contributed by atoms with Gasteiger partial charge in [0.15, 0.2) is 0 Å². The van der Waals surface area contributed by atoms with Gasteiger partial charge in [0.1, 0.15) is 22.6 Å². The largest absolute Gasteiger partial charge is 0.491 e. The lowest BCUT2D eigenvalue weighted by atomic mass is 10.1. The van der Waals surface area contributed by atoms with Gasteiger partial charge in [0.25, 0.3) is 5.91 Å². The first-order valence-electron chi connectivity index (χ1n) is 9.29. The molecule has 0 aliphatic rings. The average Bonchev–Trinajstić information content (AvgIpc) is 2.71. The first kappa shape index (κ1) is 26.8. The Hall–Kier alpha value is -1.42. The van der Waals surface area contributed by atoms with Gasteiger partial charge in [-0.2, -0.15) is 13.2 Å². The van der Waals surface area contributed by atoms with E-state index in [1.165, 1.54) is 6.08 Å². The summed E-state index contributed by atoms with van der Waals surface area (Å²) in [5.74, 6) is 0.774. The molecule has 174 valence electrons. The molecule has 0 heterocycles. The number of alkyl halides is 3. The van der Waals surface area contributed by atoms with E-state index in [0.717, 1.165) is 24.3 Å². The number of benzene rings is 2. The molecule has 4 nitrogen and oxygen atoms in total. The number of rotatable bonds is 10. The lowest BCUT2D eigenvalue weighted by molar-refractivity contribution is -0.137. The second-order valence-electron chi connectivity index (χ2n) is 6.41. The summed E-state index contributed by atoms with van der Waals surface area (Å²) in [4.78, 5) is 12.0. The molecule has 0 saturated carbocycles. The highest BCUT2D eigenvalue weighted by molar-refractivity contribution is 9.11. The second-order valence-corrected chi connectivity index (χ2v) is 9.12. The van der Waals surface area contributed by atoms with Crippen LogP contribution < -0.4 is 14.8 Å². The molecular formula is C21H18Br2Cl2F3NO3. The fourth-order valence-electron chi connectivity index (χ4n) is 2.47. The van der Waals surface area contributed by atoms with Crippen LogP contribution in [-0.2, 0) is 6.18 Å². The van der Waals surface area contributed by atoms with E-state index in [2.05, 4.69) is 37.2 Å². The minimum Gasteiger partial charge on any atom is -0.491 e. The molecule has 32 heavy (non-hydrogen) atoms. The number of carbonyl (C=O) groups excluding carboxylic acids is 1. The molecule has 0 unspecified atom stereocenters. The summed E-state index contributed by atoms with van der Waals surface area (Å²) in [5.41, 5.74) is -0.618. The number of hydrogen-bond donors (Lipinski definition) is 1. The third-order valence-corrected chi connectivity index (χ3v) is 5.52. The monoisotopic (exact) mass is 617 g/mol. The SMILES string of the molecule is O=C(NCCCCOc1c(Br)cc(OCC=C(Cl)Cl)cc1Br)c1ccc(C(F)(F)F)cc1. The molecule has 2 aromatic carbocycles. The van der Waals surface area contributed by atoms with Crippen molar-refractivity contribution in [3.8, 4) is 11.5 Å². The van der Waals surface area contributed by atoms with Gasteiger partial charge in [0.2, 0.25) is 0 Å². The molecule has 0 atom stereocenters. The van der Waals surface area contributed by atoms with Crippen molar-refractivity contribution in [1.82, 2.24) is 5.32 Å². The van der Waals surface area contributed by atoms with Crippen LogP contribution in [0.25, 0.3) is 0 Å². The highest BCUT2D eigenvalue weighted by Crippen LogP contribution is 2.37. The smallest absolute Gasteiger partial charge is 0.416 e. The van der Waals surface area contributed by atoms with Crippen LogP contribution in [0.15, 0.2) is 55.9 Å². The van der Waals surface area contributed by atoms with Gasteiger partial charge >= 0.3 is 6.18 Å². The van der Waals surface area contributed by atoms with E-state index < -0.39 is 17.6 Å². The molecule has 0 saturated heterocycles. The maximum absolute atomic E-state index is 12.6. The molecule has 0 spiro atoms. The Morgan fingerprint density at radius 3 is 2.22 bits per heavy atom. The lowest BCUT2D eigenvalue weighted by Crippen LogP contribution is -2.24. The van der Waals surface area contributed by atoms with Gasteiger partial charge in [-0.15, -0.1) is 0 Å². The van der Waals surface area contributed by atoms with Gasteiger partial charge in [0.05, 0.1) is 21.1 Å². The van der Waals surface area contributed by atoms with Gasteiger partial charge in [-0.1, -0.05) is 23.2 Å². The summed E-state index contributed by atoms with van der Waals surface area (Å²) in [7, 11) is 0. The Morgan fingerprint density at radius 1 is 1.03 bits per heavy atom. The third-order valence-electron chi connectivity index (χ3n) is 4.04. The summed E-state index contributed by atoms with van der Waals surface area (Å²) >= 11 is 18.0. The molecule has 1 amide bonds. The highest BCUT2D eigenvalue weighted by Gasteiger charge is 2.30. The van der Waals surface area contributed by atoms with E-state index in [-0.39, 0.29) is 16.7 Å². The normalized spacial score (nSPS) is 11.1. The number of halogens is 7. The fourth-order valence-corrected chi connectivity index (χ4v) is 3.97. The first-order valence-corrected chi connectivity index (χ1v) is 11.6. The second kappa shape index (κ2) is 12.7. The lowest BCUT2D eigenvalue weighted by Gasteiger charge is -2.13. The number of carbonyl (C=O) groups is 1. The molecule has 2 aromatic rings. The third kappa shape index (κ3) is 8.84. The van der Waals surface area contributed by atoms with Crippen LogP contribution in [0.2, 0.25) is 0 Å².